The van der Waals surface area contributed by atoms with Crippen molar-refractivity contribution in [1.82, 2.24) is 0 Å². The van der Waals surface area contributed by atoms with Gasteiger partial charge in [0.1, 0.15) is 0 Å². The second kappa shape index (κ2) is 29.7. The summed E-state index contributed by atoms with van der Waals surface area (Å²) in [6, 6.07) is 9.47. The van der Waals surface area contributed by atoms with E-state index in [0.717, 1.165) is 6.61 Å². The van der Waals surface area contributed by atoms with Crippen molar-refractivity contribution in [2.75, 3.05) is 6.61 Å². The van der Waals surface area contributed by atoms with Crippen LogP contribution in [0.4, 0.5) is 0 Å². The molecular formula is C39H72O. The molecule has 0 heterocycles. The summed E-state index contributed by atoms with van der Waals surface area (Å²) in [5.74, 6) is 0. The Morgan fingerprint density at radius 3 is 1.25 bits per heavy atom. The average Bonchev–Trinajstić information content (AvgIpc) is 2.98. The summed E-state index contributed by atoms with van der Waals surface area (Å²) in [7, 11) is 0. The molecule has 0 saturated heterocycles. The fourth-order valence-electron chi connectivity index (χ4n) is 5.99. The second-order valence-corrected chi connectivity index (χ2v) is 12.8. The van der Waals surface area contributed by atoms with Crippen LogP contribution >= 0.6 is 0 Å². The van der Waals surface area contributed by atoms with Crippen LogP contribution < -0.4 is 0 Å². The van der Waals surface area contributed by atoms with Gasteiger partial charge in [0, 0.05) is 6.61 Å². The molecule has 0 spiro atoms. The Bertz CT molecular complexity index is 606. The highest BCUT2D eigenvalue weighted by Gasteiger charge is 2.12. The minimum absolute atomic E-state index is 0.289. The number of aryl methyl sites for hydroxylation is 1. The molecule has 234 valence electrons. The first-order valence-electron chi connectivity index (χ1n) is 18.5. The van der Waals surface area contributed by atoms with Crippen LogP contribution in [0.1, 0.15) is 211 Å². The van der Waals surface area contributed by atoms with Crippen LogP contribution in [0.25, 0.3) is 0 Å². The molecule has 0 bridgehead atoms. The lowest BCUT2D eigenvalue weighted by molar-refractivity contribution is 0.0422. The maximum Gasteiger partial charge on any atom is 0.0824 e. The third-order valence-corrected chi connectivity index (χ3v) is 8.81. The number of unbranched alkanes of at least 4 members (excludes halogenated alkanes) is 23. The first kappa shape index (κ1) is 37.2. The van der Waals surface area contributed by atoms with Crippen molar-refractivity contribution in [2.24, 2.45) is 0 Å². The van der Waals surface area contributed by atoms with Crippen molar-refractivity contribution in [1.29, 1.82) is 0 Å². The molecule has 0 aliphatic rings. The summed E-state index contributed by atoms with van der Waals surface area (Å²) >= 11 is 0. The van der Waals surface area contributed by atoms with Crippen molar-refractivity contribution in [3.63, 3.8) is 0 Å². The fraction of sp³-hybridized carbons (Fsp3) is 0.846. The topological polar surface area (TPSA) is 9.23 Å². The molecule has 0 N–H and O–H groups in total. The van der Waals surface area contributed by atoms with Gasteiger partial charge in [0.25, 0.3) is 0 Å². The third-order valence-electron chi connectivity index (χ3n) is 8.81. The van der Waals surface area contributed by atoms with E-state index in [1.807, 2.05) is 0 Å². The maximum atomic E-state index is 6.40. The normalized spacial score (nSPS) is 12.3. The van der Waals surface area contributed by atoms with Gasteiger partial charge in [-0.15, -0.1) is 0 Å². The van der Waals surface area contributed by atoms with Gasteiger partial charge in [-0.1, -0.05) is 199 Å². The van der Waals surface area contributed by atoms with E-state index in [2.05, 4.69) is 45.0 Å². The third kappa shape index (κ3) is 22.8. The molecule has 1 rings (SSSR count). The van der Waals surface area contributed by atoms with E-state index in [-0.39, 0.29) is 6.10 Å². The van der Waals surface area contributed by atoms with Crippen molar-refractivity contribution in [3.05, 3.63) is 35.4 Å². The molecule has 1 unspecified atom stereocenters. The van der Waals surface area contributed by atoms with E-state index < -0.39 is 0 Å². The van der Waals surface area contributed by atoms with Crippen molar-refractivity contribution < 1.29 is 4.74 Å². The Hall–Kier alpha value is -0.820. The maximum absolute atomic E-state index is 6.40. The Labute approximate surface area is 253 Å². The fourth-order valence-corrected chi connectivity index (χ4v) is 5.99. The molecule has 1 atom stereocenters. The molecule has 1 nitrogen and oxygen atoms in total. The highest BCUT2D eigenvalue weighted by atomic mass is 16.5. The van der Waals surface area contributed by atoms with Gasteiger partial charge >= 0.3 is 0 Å². The second-order valence-electron chi connectivity index (χ2n) is 12.8. The first-order valence-corrected chi connectivity index (χ1v) is 18.5. The molecule has 0 saturated carbocycles. The van der Waals surface area contributed by atoms with E-state index in [0.29, 0.717) is 0 Å². The predicted molar refractivity (Wildman–Crippen MR) is 181 cm³/mol. The zero-order valence-electron chi connectivity index (χ0n) is 27.8. The smallest absolute Gasteiger partial charge is 0.0824 e. The molecule has 1 aromatic rings. The number of benzene rings is 1. The first-order chi connectivity index (χ1) is 19.8. The molecular weight excluding hydrogens is 484 g/mol. The average molecular weight is 557 g/mol. The molecule has 0 aliphatic carbocycles. The van der Waals surface area contributed by atoms with Gasteiger partial charge in [0.05, 0.1) is 6.10 Å². The Kier molecular flexibility index (Phi) is 27.6. The van der Waals surface area contributed by atoms with Crippen LogP contribution in [-0.2, 0) is 11.2 Å². The van der Waals surface area contributed by atoms with E-state index in [1.165, 1.54) is 191 Å². The number of rotatable bonds is 31. The quantitative estimate of drug-likeness (QED) is 0.0826. The van der Waals surface area contributed by atoms with Crippen molar-refractivity contribution >= 4 is 0 Å². The summed E-state index contributed by atoms with van der Waals surface area (Å²) in [6.07, 6.45) is 39.1. The number of hydrogen-bond donors (Lipinski definition) is 0. The molecule has 1 aromatic carbocycles. The minimum atomic E-state index is 0.289. The SMILES string of the molecule is CCCCCCCCCCCCCCCCCCCCc1ccc(C(CCCCC)OCCCCCCC)cc1. The van der Waals surface area contributed by atoms with Gasteiger partial charge < -0.3 is 4.74 Å². The van der Waals surface area contributed by atoms with Gasteiger partial charge in [-0.05, 0) is 36.8 Å². The number of ether oxygens (including phenoxy) is 1. The molecule has 1 heteroatoms. The van der Waals surface area contributed by atoms with Crippen molar-refractivity contribution in [2.45, 2.75) is 207 Å². The van der Waals surface area contributed by atoms with Gasteiger partial charge in [0.2, 0.25) is 0 Å². The van der Waals surface area contributed by atoms with E-state index in [1.54, 1.807) is 0 Å². The predicted octanol–water partition coefficient (Wildman–Crippen LogP) is 13.9. The van der Waals surface area contributed by atoms with Gasteiger partial charge in [-0.25, -0.2) is 0 Å². The van der Waals surface area contributed by atoms with Crippen LogP contribution in [-0.4, -0.2) is 6.61 Å². The van der Waals surface area contributed by atoms with Gasteiger partial charge in [0.15, 0.2) is 0 Å². The molecule has 0 aromatic heterocycles. The van der Waals surface area contributed by atoms with E-state index >= 15 is 0 Å². The zero-order chi connectivity index (χ0) is 28.8. The summed E-state index contributed by atoms with van der Waals surface area (Å²) in [5.41, 5.74) is 2.90. The van der Waals surface area contributed by atoms with E-state index in [4.69, 9.17) is 4.74 Å². The largest absolute Gasteiger partial charge is 0.374 e. The summed E-state index contributed by atoms with van der Waals surface area (Å²) < 4.78 is 6.40. The molecule has 40 heavy (non-hydrogen) atoms. The lowest BCUT2D eigenvalue weighted by atomic mass is 9.99. The Balaban J connectivity index is 2.04. The molecule has 0 aliphatic heterocycles. The summed E-state index contributed by atoms with van der Waals surface area (Å²) in [6.45, 7) is 7.80. The van der Waals surface area contributed by atoms with Crippen LogP contribution in [0, 0.1) is 0 Å². The van der Waals surface area contributed by atoms with Crippen LogP contribution in [0.15, 0.2) is 24.3 Å². The molecule has 0 fully saturated rings. The standard InChI is InChI=1S/C39H72O/c1-4-7-10-12-13-14-15-16-17-18-19-20-21-22-23-24-25-28-30-37-32-34-38(35-33-37)39(31-27-9-6-3)40-36-29-26-11-8-5-2/h32-35,39H,4-31,36H2,1-3H3. The highest BCUT2D eigenvalue weighted by molar-refractivity contribution is 5.24. The molecule has 0 radical (unpaired) electrons. The summed E-state index contributed by atoms with van der Waals surface area (Å²) in [4.78, 5) is 0. The van der Waals surface area contributed by atoms with Crippen LogP contribution in [0.2, 0.25) is 0 Å². The van der Waals surface area contributed by atoms with Gasteiger partial charge in [-0.3, -0.25) is 0 Å². The zero-order valence-corrected chi connectivity index (χ0v) is 27.8. The lowest BCUT2D eigenvalue weighted by Crippen LogP contribution is -2.06. The lowest BCUT2D eigenvalue weighted by Gasteiger charge is -2.19. The Morgan fingerprint density at radius 1 is 0.425 bits per heavy atom. The summed E-state index contributed by atoms with van der Waals surface area (Å²) in [5, 5.41) is 0. The monoisotopic (exact) mass is 557 g/mol. The highest BCUT2D eigenvalue weighted by Crippen LogP contribution is 2.25. The molecule has 0 amide bonds. The van der Waals surface area contributed by atoms with Crippen LogP contribution in [0.3, 0.4) is 0 Å². The van der Waals surface area contributed by atoms with E-state index in [9.17, 15) is 0 Å². The Morgan fingerprint density at radius 2 is 0.800 bits per heavy atom. The van der Waals surface area contributed by atoms with Crippen LogP contribution in [0.5, 0.6) is 0 Å². The van der Waals surface area contributed by atoms with Gasteiger partial charge in [-0.2, -0.15) is 0 Å². The van der Waals surface area contributed by atoms with Crippen molar-refractivity contribution in [3.8, 4) is 0 Å². The number of hydrogen-bond acceptors (Lipinski definition) is 1. The minimum Gasteiger partial charge on any atom is -0.374 e.